The van der Waals surface area contributed by atoms with E-state index in [4.69, 9.17) is 0 Å². The topological polar surface area (TPSA) is 20.3 Å². The number of thioether (sulfide) groups is 1. The van der Waals surface area contributed by atoms with E-state index in [1.807, 2.05) is 0 Å². The van der Waals surface area contributed by atoms with Crippen molar-refractivity contribution in [2.45, 2.75) is 41.9 Å². The third-order valence-corrected chi connectivity index (χ3v) is 5.74. The molecule has 1 aromatic carbocycles. The second-order valence-corrected chi connectivity index (χ2v) is 7.32. The van der Waals surface area contributed by atoms with Gasteiger partial charge in [-0.05, 0) is 50.4 Å². The van der Waals surface area contributed by atoms with E-state index in [0.29, 0.717) is 16.2 Å². The quantitative estimate of drug-likeness (QED) is 0.794. The number of halogens is 2. The summed E-state index contributed by atoms with van der Waals surface area (Å²) in [5.74, 6) is -0.561. The maximum absolute atomic E-state index is 13.6. The Morgan fingerprint density at radius 1 is 1.29 bits per heavy atom. The number of benzene rings is 1. The van der Waals surface area contributed by atoms with Gasteiger partial charge in [0, 0.05) is 28.6 Å². The number of rotatable bonds is 4. The highest BCUT2D eigenvalue weighted by Crippen LogP contribution is 2.41. The van der Waals surface area contributed by atoms with Crippen LogP contribution in [0.25, 0.3) is 0 Å². The molecule has 0 unspecified atom stereocenters. The molecule has 0 spiro atoms. The average Bonchev–Trinajstić information content (AvgIpc) is 2.46. The normalized spacial score (nSPS) is 29.9. The summed E-state index contributed by atoms with van der Waals surface area (Å²) in [6.45, 7) is 1.92. The summed E-state index contributed by atoms with van der Waals surface area (Å²) in [4.78, 5) is 13.7. The van der Waals surface area contributed by atoms with E-state index < -0.39 is 0 Å². The summed E-state index contributed by atoms with van der Waals surface area (Å²) >= 11 is 1.43. The first-order chi connectivity index (χ1) is 10.2. The van der Waals surface area contributed by atoms with Gasteiger partial charge in [-0.25, -0.2) is 8.78 Å². The Balaban J connectivity index is 1.51. The Morgan fingerprint density at radius 3 is 2.86 bits per heavy atom. The van der Waals surface area contributed by atoms with Crippen molar-refractivity contribution in [1.82, 2.24) is 4.90 Å². The molecule has 0 N–H and O–H groups in total. The van der Waals surface area contributed by atoms with Gasteiger partial charge < -0.3 is 4.79 Å². The predicted octanol–water partition coefficient (Wildman–Crippen LogP) is 3.50. The molecule has 0 radical (unpaired) electrons. The first-order valence-electron chi connectivity index (χ1n) is 7.47. The molecule has 1 aliphatic heterocycles. The van der Waals surface area contributed by atoms with Crippen LogP contribution in [0.4, 0.5) is 8.78 Å². The van der Waals surface area contributed by atoms with Gasteiger partial charge in [0.2, 0.25) is 0 Å². The third kappa shape index (κ3) is 3.46. The maximum atomic E-state index is 13.6. The number of likely N-dealkylation sites (tertiary alicyclic amines) is 1. The highest BCUT2D eigenvalue weighted by Gasteiger charge is 2.36. The van der Waals surface area contributed by atoms with Crippen molar-refractivity contribution < 1.29 is 13.6 Å². The summed E-state index contributed by atoms with van der Waals surface area (Å²) < 4.78 is 26.8. The van der Waals surface area contributed by atoms with Crippen LogP contribution in [-0.4, -0.2) is 35.6 Å². The summed E-state index contributed by atoms with van der Waals surface area (Å²) in [7, 11) is 0. The molecular weight excluding hydrogens is 292 g/mol. The molecular formula is C16H19F2NOS. The molecule has 1 saturated carbocycles. The van der Waals surface area contributed by atoms with Crippen molar-refractivity contribution in [3.8, 4) is 0 Å². The zero-order valence-corrected chi connectivity index (χ0v) is 12.6. The average molecular weight is 311 g/mol. The first kappa shape index (κ1) is 15.0. The fourth-order valence-electron chi connectivity index (χ4n) is 3.16. The Bertz CT molecular complexity index is 519. The Labute approximate surface area is 127 Å². The molecule has 114 valence electrons. The highest BCUT2D eigenvalue weighted by atomic mass is 32.2. The lowest BCUT2D eigenvalue weighted by atomic mass is 9.87. The smallest absolute Gasteiger partial charge is 0.136 e. The standard InChI is InChI=1S/C16H19F2NOS/c17-12-3-4-15(18)16(6-12)21-14-7-13(8-14)19-5-1-2-11(9-19)10-20/h3-4,6,10-11,13-14H,1-2,5,7-9H2/t11-,13?,14?/m1/s1. The monoisotopic (exact) mass is 311 g/mol. The number of hydrogen-bond acceptors (Lipinski definition) is 3. The molecule has 0 amide bonds. The van der Waals surface area contributed by atoms with Crippen molar-refractivity contribution in [3.05, 3.63) is 29.8 Å². The second-order valence-electron chi connectivity index (χ2n) is 5.97. The highest BCUT2D eigenvalue weighted by molar-refractivity contribution is 8.00. The maximum Gasteiger partial charge on any atom is 0.136 e. The first-order valence-corrected chi connectivity index (χ1v) is 8.34. The minimum Gasteiger partial charge on any atom is -0.303 e. The van der Waals surface area contributed by atoms with Gasteiger partial charge >= 0.3 is 0 Å². The second kappa shape index (κ2) is 6.44. The van der Waals surface area contributed by atoms with Gasteiger partial charge in [-0.1, -0.05) is 0 Å². The van der Waals surface area contributed by atoms with Crippen LogP contribution in [0.1, 0.15) is 25.7 Å². The zero-order chi connectivity index (χ0) is 14.8. The number of aldehydes is 1. The lowest BCUT2D eigenvalue weighted by Crippen LogP contribution is -2.50. The van der Waals surface area contributed by atoms with Crippen molar-refractivity contribution in [3.63, 3.8) is 0 Å². The number of carbonyl (C=O) groups is 1. The Hall–Kier alpha value is -0.940. The van der Waals surface area contributed by atoms with Crippen LogP contribution in [0.5, 0.6) is 0 Å². The molecule has 0 aromatic heterocycles. The molecule has 1 atom stereocenters. The molecule has 0 bridgehead atoms. The summed E-state index contributed by atoms with van der Waals surface area (Å²) in [5.41, 5.74) is 0. The van der Waals surface area contributed by atoms with Gasteiger partial charge in [-0.3, -0.25) is 4.90 Å². The van der Waals surface area contributed by atoms with Crippen molar-refractivity contribution >= 4 is 18.0 Å². The minimum absolute atomic E-state index is 0.172. The molecule has 21 heavy (non-hydrogen) atoms. The molecule has 1 aliphatic carbocycles. The van der Waals surface area contributed by atoms with Crippen molar-refractivity contribution in [2.24, 2.45) is 5.92 Å². The molecule has 1 saturated heterocycles. The molecule has 2 nitrogen and oxygen atoms in total. The number of carbonyl (C=O) groups excluding carboxylic acids is 1. The van der Waals surface area contributed by atoms with Crippen LogP contribution < -0.4 is 0 Å². The van der Waals surface area contributed by atoms with E-state index >= 15 is 0 Å². The summed E-state index contributed by atoms with van der Waals surface area (Å²) in [5, 5.41) is 0.350. The van der Waals surface area contributed by atoms with E-state index in [9.17, 15) is 13.6 Å². The van der Waals surface area contributed by atoms with Gasteiger partial charge in [0.1, 0.15) is 17.9 Å². The van der Waals surface area contributed by atoms with Crippen LogP contribution in [-0.2, 0) is 4.79 Å². The van der Waals surface area contributed by atoms with Gasteiger partial charge in [0.15, 0.2) is 0 Å². The molecule has 1 aromatic rings. The van der Waals surface area contributed by atoms with Crippen LogP contribution in [0.3, 0.4) is 0 Å². The minimum atomic E-state index is -0.389. The van der Waals surface area contributed by atoms with Gasteiger partial charge in [-0.15, -0.1) is 11.8 Å². The Kier molecular flexibility index (Phi) is 4.60. The van der Waals surface area contributed by atoms with Gasteiger partial charge in [-0.2, -0.15) is 0 Å². The van der Waals surface area contributed by atoms with E-state index in [-0.39, 0.29) is 17.6 Å². The van der Waals surface area contributed by atoms with Crippen LogP contribution >= 0.6 is 11.8 Å². The van der Waals surface area contributed by atoms with E-state index in [0.717, 1.165) is 51.1 Å². The number of hydrogen-bond donors (Lipinski definition) is 0. The number of nitrogens with zero attached hydrogens (tertiary/aromatic N) is 1. The third-order valence-electron chi connectivity index (χ3n) is 4.45. The van der Waals surface area contributed by atoms with Crippen LogP contribution in [0, 0.1) is 17.6 Å². The Morgan fingerprint density at radius 2 is 2.10 bits per heavy atom. The van der Waals surface area contributed by atoms with Crippen LogP contribution in [0.2, 0.25) is 0 Å². The molecule has 1 heterocycles. The zero-order valence-electron chi connectivity index (χ0n) is 11.8. The van der Waals surface area contributed by atoms with E-state index in [1.54, 1.807) is 0 Å². The van der Waals surface area contributed by atoms with E-state index in [2.05, 4.69) is 4.90 Å². The summed E-state index contributed by atoms with van der Waals surface area (Å²) in [6.07, 6.45) is 5.13. The summed E-state index contributed by atoms with van der Waals surface area (Å²) in [6, 6.07) is 4.11. The lowest BCUT2D eigenvalue weighted by Gasteiger charge is -2.45. The van der Waals surface area contributed by atoms with E-state index in [1.165, 1.54) is 23.9 Å². The SMILES string of the molecule is O=C[C@@H]1CCCN(C2CC(Sc3cc(F)ccc3F)C2)C1. The van der Waals surface area contributed by atoms with Crippen molar-refractivity contribution in [2.75, 3.05) is 13.1 Å². The molecule has 2 fully saturated rings. The fraction of sp³-hybridized carbons (Fsp3) is 0.562. The number of piperidine rings is 1. The van der Waals surface area contributed by atoms with Gasteiger partial charge in [0.25, 0.3) is 0 Å². The lowest BCUT2D eigenvalue weighted by molar-refractivity contribution is -0.113. The molecule has 2 aliphatic rings. The largest absolute Gasteiger partial charge is 0.303 e. The fourth-order valence-corrected chi connectivity index (χ4v) is 4.52. The molecule has 5 heteroatoms. The predicted molar refractivity (Wildman–Crippen MR) is 79.4 cm³/mol. The van der Waals surface area contributed by atoms with Crippen LogP contribution in [0.15, 0.2) is 23.1 Å². The van der Waals surface area contributed by atoms with Crippen molar-refractivity contribution in [1.29, 1.82) is 0 Å². The molecule has 3 rings (SSSR count). The van der Waals surface area contributed by atoms with Gasteiger partial charge in [0.05, 0.1) is 0 Å².